The Hall–Kier alpha value is -3.15. The van der Waals surface area contributed by atoms with Gasteiger partial charge in [-0.25, -0.2) is 0 Å². The molecule has 0 aromatic rings. The molecule has 0 N–H and O–H groups in total. The SMILES string of the molecule is CC/C=C\C/C=C\C/C=C\C/C=C\C/C=C\C/C=C\CCCCCCCCCCCCCCC(=O)OCC(COC(=O)CCCCCCCCC)OC(=O)CCCCCCCCCCCC. The van der Waals surface area contributed by atoms with Gasteiger partial charge in [0.1, 0.15) is 13.2 Å². The van der Waals surface area contributed by atoms with Gasteiger partial charge in [0.2, 0.25) is 0 Å². The van der Waals surface area contributed by atoms with Crippen molar-refractivity contribution in [1.82, 2.24) is 0 Å². The van der Waals surface area contributed by atoms with Gasteiger partial charge in [0.15, 0.2) is 6.10 Å². The van der Waals surface area contributed by atoms with Gasteiger partial charge in [-0.2, -0.15) is 0 Å². The molecule has 0 spiro atoms. The van der Waals surface area contributed by atoms with Crippen molar-refractivity contribution in [3.8, 4) is 0 Å². The van der Waals surface area contributed by atoms with Crippen molar-refractivity contribution in [3.63, 3.8) is 0 Å². The Labute approximate surface area is 408 Å². The van der Waals surface area contributed by atoms with Crippen LogP contribution in [0, 0.1) is 0 Å². The van der Waals surface area contributed by atoms with Crippen molar-refractivity contribution >= 4 is 17.9 Å². The molecule has 0 saturated carbocycles. The van der Waals surface area contributed by atoms with Gasteiger partial charge in [-0.3, -0.25) is 14.4 Å². The van der Waals surface area contributed by atoms with Crippen LogP contribution in [0.4, 0.5) is 0 Å². The van der Waals surface area contributed by atoms with Crippen molar-refractivity contribution in [2.75, 3.05) is 13.2 Å². The third kappa shape index (κ3) is 51.8. The van der Waals surface area contributed by atoms with E-state index < -0.39 is 6.10 Å². The van der Waals surface area contributed by atoms with Crippen LogP contribution in [0.2, 0.25) is 0 Å². The van der Waals surface area contributed by atoms with Crippen LogP contribution in [-0.2, 0) is 28.6 Å². The number of rotatable bonds is 50. The summed E-state index contributed by atoms with van der Waals surface area (Å²) < 4.78 is 16.7. The third-order valence-corrected chi connectivity index (χ3v) is 12.0. The first-order valence-electron chi connectivity index (χ1n) is 27.9. The van der Waals surface area contributed by atoms with E-state index in [-0.39, 0.29) is 31.1 Å². The Morgan fingerprint density at radius 1 is 0.318 bits per heavy atom. The second kappa shape index (κ2) is 54.5. The zero-order valence-electron chi connectivity index (χ0n) is 43.4. The Balaban J connectivity index is 4.02. The number of carbonyl (C=O) groups excluding carboxylic acids is 3. The Kier molecular flexibility index (Phi) is 51.9. The van der Waals surface area contributed by atoms with Gasteiger partial charge in [0.25, 0.3) is 0 Å². The molecule has 0 rings (SSSR count). The maximum atomic E-state index is 12.7. The minimum Gasteiger partial charge on any atom is -0.462 e. The van der Waals surface area contributed by atoms with E-state index in [0.717, 1.165) is 96.3 Å². The van der Waals surface area contributed by atoms with Crippen molar-refractivity contribution in [2.45, 2.75) is 277 Å². The van der Waals surface area contributed by atoms with E-state index in [1.807, 2.05) is 0 Å². The van der Waals surface area contributed by atoms with E-state index in [4.69, 9.17) is 14.2 Å². The van der Waals surface area contributed by atoms with Crippen LogP contribution in [-0.4, -0.2) is 37.2 Å². The quantitative estimate of drug-likeness (QED) is 0.0262. The van der Waals surface area contributed by atoms with Crippen LogP contribution >= 0.6 is 0 Å². The van der Waals surface area contributed by atoms with Gasteiger partial charge in [-0.1, -0.05) is 254 Å². The molecule has 1 atom stereocenters. The predicted octanol–water partition coefficient (Wildman–Crippen LogP) is 18.6. The van der Waals surface area contributed by atoms with Crippen LogP contribution in [0.1, 0.15) is 271 Å². The van der Waals surface area contributed by atoms with E-state index in [9.17, 15) is 14.4 Å². The van der Waals surface area contributed by atoms with Crippen LogP contribution in [0.15, 0.2) is 72.9 Å². The second-order valence-electron chi connectivity index (χ2n) is 18.5. The van der Waals surface area contributed by atoms with E-state index in [1.54, 1.807) is 0 Å². The van der Waals surface area contributed by atoms with Crippen molar-refractivity contribution < 1.29 is 28.6 Å². The summed E-state index contributed by atoms with van der Waals surface area (Å²) in [5.41, 5.74) is 0. The van der Waals surface area contributed by atoms with Crippen molar-refractivity contribution in [2.24, 2.45) is 0 Å². The number of hydrogen-bond donors (Lipinski definition) is 0. The lowest BCUT2D eigenvalue weighted by Gasteiger charge is -2.18. The van der Waals surface area contributed by atoms with Gasteiger partial charge in [-0.05, 0) is 70.6 Å². The Morgan fingerprint density at radius 2 is 0.591 bits per heavy atom. The standard InChI is InChI=1S/C60H104O6/c1-4-7-10-13-16-18-20-21-22-23-24-25-26-27-28-29-30-31-32-33-34-35-36-37-38-39-40-42-44-47-50-53-59(62)65-56-57(55-64-58(61)52-49-46-43-15-12-9-6-3)66-60(63)54-51-48-45-41-19-17-14-11-8-5-2/h7,10,16,18,21-22,24-25,27-28,30-31,57H,4-6,8-9,11-15,17,19-20,23,26,29,32-56H2,1-3H3/b10-7-,18-16-,22-21-,25-24-,28-27-,31-30-. The van der Waals surface area contributed by atoms with Gasteiger partial charge in [0, 0.05) is 19.3 Å². The highest BCUT2D eigenvalue weighted by molar-refractivity contribution is 5.71. The lowest BCUT2D eigenvalue weighted by Crippen LogP contribution is -2.30. The highest BCUT2D eigenvalue weighted by Crippen LogP contribution is 2.16. The largest absolute Gasteiger partial charge is 0.462 e. The molecular weight excluding hydrogens is 817 g/mol. The molecule has 0 aliphatic rings. The molecule has 0 heterocycles. The van der Waals surface area contributed by atoms with Gasteiger partial charge in [0.05, 0.1) is 0 Å². The molecule has 0 aliphatic carbocycles. The van der Waals surface area contributed by atoms with Crippen molar-refractivity contribution in [3.05, 3.63) is 72.9 Å². The maximum Gasteiger partial charge on any atom is 0.306 e. The molecule has 0 bridgehead atoms. The first-order valence-corrected chi connectivity index (χ1v) is 27.9. The molecule has 0 aromatic carbocycles. The summed E-state index contributed by atoms with van der Waals surface area (Å²) in [6, 6.07) is 0. The molecule has 0 saturated heterocycles. The summed E-state index contributed by atoms with van der Waals surface area (Å²) in [6.07, 6.45) is 69.3. The Bertz CT molecular complexity index is 1240. The average Bonchev–Trinajstić information content (AvgIpc) is 3.31. The van der Waals surface area contributed by atoms with Crippen LogP contribution in [0.5, 0.6) is 0 Å². The lowest BCUT2D eigenvalue weighted by molar-refractivity contribution is -0.167. The summed E-state index contributed by atoms with van der Waals surface area (Å²) in [6.45, 7) is 6.47. The number of esters is 3. The number of unbranched alkanes of at least 4 members (excludes halogenated alkanes) is 27. The van der Waals surface area contributed by atoms with Gasteiger partial charge < -0.3 is 14.2 Å². The summed E-state index contributed by atoms with van der Waals surface area (Å²) in [5.74, 6) is -0.877. The van der Waals surface area contributed by atoms with Crippen molar-refractivity contribution in [1.29, 1.82) is 0 Å². The maximum absolute atomic E-state index is 12.7. The first-order chi connectivity index (χ1) is 32.5. The minimum atomic E-state index is -0.768. The lowest BCUT2D eigenvalue weighted by atomic mass is 10.0. The normalized spacial score (nSPS) is 12.6. The predicted molar refractivity (Wildman–Crippen MR) is 284 cm³/mol. The number of ether oxygens (including phenoxy) is 3. The highest BCUT2D eigenvalue weighted by Gasteiger charge is 2.19. The zero-order valence-corrected chi connectivity index (χ0v) is 43.4. The number of carbonyl (C=O) groups is 3. The molecule has 6 heteroatoms. The smallest absolute Gasteiger partial charge is 0.306 e. The van der Waals surface area contributed by atoms with Crippen LogP contribution in [0.25, 0.3) is 0 Å². The summed E-state index contributed by atoms with van der Waals surface area (Å²) in [4.78, 5) is 37.7. The number of hydrogen-bond acceptors (Lipinski definition) is 6. The summed E-state index contributed by atoms with van der Waals surface area (Å²) in [7, 11) is 0. The van der Waals surface area contributed by atoms with Crippen LogP contribution < -0.4 is 0 Å². The van der Waals surface area contributed by atoms with E-state index in [2.05, 4.69) is 93.7 Å². The minimum absolute atomic E-state index is 0.0720. The highest BCUT2D eigenvalue weighted by atomic mass is 16.6. The van der Waals surface area contributed by atoms with E-state index in [1.165, 1.54) is 135 Å². The molecule has 380 valence electrons. The van der Waals surface area contributed by atoms with E-state index in [0.29, 0.717) is 19.3 Å². The van der Waals surface area contributed by atoms with Crippen LogP contribution in [0.3, 0.4) is 0 Å². The fourth-order valence-electron chi connectivity index (χ4n) is 7.80. The molecular formula is C60H104O6. The topological polar surface area (TPSA) is 78.9 Å². The summed E-state index contributed by atoms with van der Waals surface area (Å²) >= 11 is 0. The molecule has 1 unspecified atom stereocenters. The monoisotopic (exact) mass is 921 g/mol. The fourth-order valence-corrected chi connectivity index (χ4v) is 7.80. The fraction of sp³-hybridized carbons (Fsp3) is 0.750. The Morgan fingerprint density at radius 3 is 0.924 bits per heavy atom. The average molecular weight is 921 g/mol. The molecule has 0 radical (unpaired) electrons. The number of allylic oxidation sites excluding steroid dienone is 12. The molecule has 0 amide bonds. The summed E-state index contributed by atoms with van der Waals surface area (Å²) in [5, 5.41) is 0. The molecule has 6 nitrogen and oxygen atoms in total. The first kappa shape index (κ1) is 62.8. The second-order valence-corrected chi connectivity index (χ2v) is 18.5. The van der Waals surface area contributed by atoms with Gasteiger partial charge >= 0.3 is 17.9 Å². The molecule has 0 aromatic heterocycles. The molecule has 66 heavy (non-hydrogen) atoms. The van der Waals surface area contributed by atoms with E-state index >= 15 is 0 Å². The molecule has 0 aliphatic heterocycles. The zero-order chi connectivity index (χ0) is 47.9. The van der Waals surface area contributed by atoms with Gasteiger partial charge in [-0.15, -0.1) is 0 Å². The molecule has 0 fully saturated rings. The third-order valence-electron chi connectivity index (χ3n) is 12.0.